The molecule has 4 aliphatic carbocycles. The SMILES string of the molecule is COC(=O)CC[C@@H](C)[C@H]1CC[C@H]2[C@@H]3CC[C@@H]4C[C@H](OC(C)=O)[C@H](O)C[C@]4(C)[C@H]3CC[C@]12C. The van der Waals surface area contributed by atoms with Crippen LogP contribution in [0.1, 0.15) is 91.9 Å². The number of ether oxygens (including phenoxy) is 2. The Kier molecular flexibility index (Phi) is 6.70. The van der Waals surface area contributed by atoms with Crippen LogP contribution in [0.5, 0.6) is 0 Å². The van der Waals surface area contributed by atoms with Gasteiger partial charge < -0.3 is 14.6 Å². The lowest BCUT2D eigenvalue weighted by Gasteiger charge is -2.61. The van der Waals surface area contributed by atoms with Crippen LogP contribution < -0.4 is 0 Å². The molecule has 0 aromatic heterocycles. The number of carbonyl (C=O) groups is 2. The van der Waals surface area contributed by atoms with Gasteiger partial charge in [-0.25, -0.2) is 0 Å². The fourth-order valence-electron chi connectivity index (χ4n) is 9.22. The highest BCUT2D eigenvalue weighted by atomic mass is 16.6. The van der Waals surface area contributed by atoms with Crippen molar-refractivity contribution >= 4 is 11.9 Å². The zero-order valence-electron chi connectivity index (χ0n) is 20.8. The Morgan fingerprint density at radius 1 is 1.06 bits per heavy atom. The Morgan fingerprint density at radius 2 is 1.78 bits per heavy atom. The van der Waals surface area contributed by atoms with Gasteiger partial charge in [-0.1, -0.05) is 20.8 Å². The van der Waals surface area contributed by atoms with E-state index in [1.807, 2.05) is 0 Å². The predicted molar refractivity (Wildman–Crippen MR) is 123 cm³/mol. The second-order valence-corrected chi connectivity index (χ2v) is 12.1. The second kappa shape index (κ2) is 8.92. The van der Waals surface area contributed by atoms with Crippen LogP contribution in [0.2, 0.25) is 0 Å². The van der Waals surface area contributed by atoms with Crippen LogP contribution in [0.4, 0.5) is 0 Å². The zero-order valence-corrected chi connectivity index (χ0v) is 20.8. The maximum atomic E-state index is 11.7. The molecule has 5 heteroatoms. The number of esters is 2. The number of hydrogen-bond acceptors (Lipinski definition) is 5. The topological polar surface area (TPSA) is 72.8 Å². The highest BCUT2D eigenvalue weighted by molar-refractivity contribution is 5.69. The van der Waals surface area contributed by atoms with Crippen molar-refractivity contribution in [3.8, 4) is 0 Å². The van der Waals surface area contributed by atoms with Gasteiger partial charge in [0.1, 0.15) is 6.10 Å². The molecule has 0 aliphatic heterocycles. The molecule has 4 fully saturated rings. The number of hydrogen-bond donors (Lipinski definition) is 1. The third-order valence-corrected chi connectivity index (χ3v) is 10.8. The van der Waals surface area contributed by atoms with Crippen molar-refractivity contribution in [2.75, 3.05) is 7.11 Å². The minimum atomic E-state index is -0.540. The Hall–Kier alpha value is -1.10. The molecule has 0 aromatic carbocycles. The second-order valence-electron chi connectivity index (χ2n) is 12.1. The Labute approximate surface area is 194 Å². The van der Waals surface area contributed by atoms with E-state index in [1.54, 1.807) is 0 Å². The predicted octanol–water partition coefficient (Wildman–Crippen LogP) is 5.14. The maximum Gasteiger partial charge on any atom is 0.305 e. The van der Waals surface area contributed by atoms with Gasteiger partial charge in [-0.05, 0) is 104 Å². The van der Waals surface area contributed by atoms with Gasteiger partial charge in [0, 0.05) is 13.3 Å². The van der Waals surface area contributed by atoms with Crippen molar-refractivity contribution in [1.82, 2.24) is 0 Å². The van der Waals surface area contributed by atoms with Crippen LogP contribution in [0.25, 0.3) is 0 Å². The average molecular weight is 449 g/mol. The molecule has 0 amide bonds. The number of aliphatic hydroxyl groups is 1. The molecule has 4 saturated carbocycles. The normalized spacial score (nSPS) is 46.4. The van der Waals surface area contributed by atoms with Crippen molar-refractivity contribution in [3.63, 3.8) is 0 Å². The smallest absolute Gasteiger partial charge is 0.305 e. The summed E-state index contributed by atoms with van der Waals surface area (Å²) in [4.78, 5) is 23.2. The summed E-state index contributed by atoms with van der Waals surface area (Å²) in [5.74, 6) is 3.57. The fraction of sp³-hybridized carbons (Fsp3) is 0.926. The van der Waals surface area contributed by atoms with Crippen molar-refractivity contribution in [3.05, 3.63) is 0 Å². The van der Waals surface area contributed by atoms with Crippen molar-refractivity contribution in [2.45, 2.75) is 104 Å². The molecule has 1 N–H and O–H groups in total. The van der Waals surface area contributed by atoms with E-state index in [-0.39, 0.29) is 23.5 Å². The maximum absolute atomic E-state index is 11.7. The monoisotopic (exact) mass is 448 g/mol. The first-order valence-corrected chi connectivity index (χ1v) is 13.0. The van der Waals surface area contributed by atoms with Gasteiger partial charge in [-0.2, -0.15) is 0 Å². The van der Waals surface area contributed by atoms with Gasteiger partial charge in [-0.15, -0.1) is 0 Å². The van der Waals surface area contributed by atoms with E-state index in [0.717, 1.165) is 31.1 Å². The average Bonchev–Trinajstić information content (AvgIpc) is 3.09. The van der Waals surface area contributed by atoms with Crippen molar-refractivity contribution in [1.29, 1.82) is 0 Å². The number of carbonyl (C=O) groups excluding carboxylic acids is 2. The molecule has 0 radical (unpaired) electrons. The zero-order chi connectivity index (χ0) is 23.3. The summed E-state index contributed by atoms with van der Waals surface area (Å²) in [7, 11) is 1.48. The highest BCUT2D eigenvalue weighted by Crippen LogP contribution is 2.68. The Morgan fingerprint density at radius 3 is 2.47 bits per heavy atom. The van der Waals surface area contributed by atoms with Gasteiger partial charge in [0.05, 0.1) is 13.2 Å². The lowest BCUT2D eigenvalue weighted by Crippen LogP contribution is -2.57. The van der Waals surface area contributed by atoms with Gasteiger partial charge in [0.15, 0.2) is 0 Å². The minimum Gasteiger partial charge on any atom is -0.469 e. The van der Waals surface area contributed by atoms with E-state index in [0.29, 0.717) is 35.5 Å². The van der Waals surface area contributed by atoms with Crippen molar-refractivity contribution < 1.29 is 24.2 Å². The van der Waals surface area contributed by atoms with E-state index in [9.17, 15) is 14.7 Å². The summed E-state index contributed by atoms with van der Waals surface area (Å²) in [5.41, 5.74) is 0.516. The highest BCUT2D eigenvalue weighted by Gasteiger charge is 2.61. The van der Waals surface area contributed by atoms with Gasteiger partial charge in [-0.3, -0.25) is 9.59 Å². The molecule has 10 atom stereocenters. The number of methoxy groups -OCH3 is 1. The van der Waals surface area contributed by atoms with Gasteiger partial charge in [0.2, 0.25) is 0 Å². The number of rotatable bonds is 5. The van der Waals surface area contributed by atoms with Crippen LogP contribution in [-0.4, -0.2) is 36.4 Å². The first kappa shape index (κ1) is 24.0. The van der Waals surface area contributed by atoms with Gasteiger partial charge in [0.25, 0.3) is 0 Å². The quantitative estimate of drug-likeness (QED) is 0.590. The van der Waals surface area contributed by atoms with Crippen molar-refractivity contribution in [2.24, 2.45) is 46.3 Å². The lowest BCUT2D eigenvalue weighted by molar-refractivity contribution is -0.182. The molecule has 4 aliphatic rings. The third-order valence-electron chi connectivity index (χ3n) is 10.8. The summed E-state index contributed by atoms with van der Waals surface area (Å²) >= 11 is 0. The fourth-order valence-corrected chi connectivity index (χ4v) is 9.22. The molecule has 0 unspecified atom stereocenters. The van der Waals surface area contributed by atoms with E-state index in [1.165, 1.54) is 52.6 Å². The molecule has 5 nitrogen and oxygen atoms in total. The Balaban J connectivity index is 1.47. The van der Waals surface area contributed by atoms with Crippen LogP contribution >= 0.6 is 0 Å². The molecule has 0 saturated heterocycles. The molecular weight excluding hydrogens is 404 g/mol. The first-order valence-electron chi connectivity index (χ1n) is 13.0. The third kappa shape index (κ3) is 4.01. The molecule has 0 heterocycles. The first-order chi connectivity index (χ1) is 15.1. The summed E-state index contributed by atoms with van der Waals surface area (Å²) in [6.07, 6.45) is 9.73. The summed E-state index contributed by atoms with van der Waals surface area (Å²) in [6, 6.07) is 0. The van der Waals surface area contributed by atoms with Crippen LogP contribution in [0.15, 0.2) is 0 Å². The molecule has 182 valence electrons. The molecular formula is C27H44O5. The standard InChI is InChI=1S/C27H44O5/c1-16(6-11-25(30)31-5)20-9-10-21-19-8-7-18-14-24(32-17(2)28)23(29)15-27(18,4)22(19)12-13-26(20,21)3/h16,18-24,29H,6-15H2,1-5H3/t16-,18-,19+,20-,21+,22+,23-,24+,26-,27+/m1/s1. The van der Waals surface area contributed by atoms with Crippen LogP contribution in [0, 0.1) is 46.3 Å². The van der Waals surface area contributed by atoms with Crippen LogP contribution in [0.3, 0.4) is 0 Å². The molecule has 0 spiro atoms. The van der Waals surface area contributed by atoms with E-state index in [2.05, 4.69) is 20.8 Å². The Bertz CT molecular complexity index is 721. The minimum absolute atomic E-state index is 0.0885. The van der Waals surface area contributed by atoms with Gasteiger partial charge >= 0.3 is 11.9 Å². The number of fused-ring (bicyclic) bond motifs is 5. The molecule has 4 rings (SSSR count). The van der Waals surface area contributed by atoms with E-state index >= 15 is 0 Å². The molecule has 0 aromatic rings. The van der Waals surface area contributed by atoms with E-state index < -0.39 is 6.10 Å². The van der Waals surface area contributed by atoms with Crippen LogP contribution in [-0.2, 0) is 19.1 Å². The summed E-state index contributed by atoms with van der Waals surface area (Å²) < 4.78 is 10.4. The van der Waals surface area contributed by atoms with E-state index in [4.69, 9.17) is 9.47 Å². The molecule has 32 heavy (non-hydrogen) atoms. The molecule has 0 bridgehead atoms. The summed E-state index contributed by atoms with van der Waals surface area (Å²) in [6.45, 7) is 8.76. The lowest BCUT2D eigenvalue weighted by atomic mass is 9.44. The summed E-state index contributed by atoms with van der Waals surface area (Å²) in [5, 5.41) is 10.9. The number of aliphatic hydroxyl groups excluding tert-OH is 1. The largest absolute Gasteiger partial charge is 0.469 e.